The molecule has 0 spiro atoms. The molecule has 2 heterocycles. The first-order chi connectivity index (χ1) is 18.3. The molecule has 5 rings (SSSR count). The Balaban J connectivity index is 1.23. The standard InChI is InChI=1S/C27H21F3N4O4/c28-27(29,30)22-9-5-4-6-18(22)16-33-14-15-34-23(17-37-26(34)32-25(33)36)24(35)31-19-10-12-21(13-11-19)38-20-7-2-1-3-8-20/h1-13,17H,14-16H2,(H,31,35). The molecule has 0 saturated carbocycles. The molecule has 0 aliphatic carbocycles. The summed E-state index contributed by atoms with van der Waals surface area (Å²) in [4.78, 5) is 32.1. The third-order valence-corrected chi connectivity index (χ3v) is 5.86. The average molecular weight is 522 g/mol. The fourth-order valence-corrected chi connectivity index (χ4v) is 4.00. The van der Waals surface area contributed by atoms with E-state index in [1.165, 1.54) is 34.3 Å². The lowest BCUT2D eigenvalue weighted by atomic mass is 10.1. The third-order valence-electron chi connectivity index (χ3n) is 5.86. The van der Waals surface area contributed by atoms with E-state index in [1.54, 1.807) is 24.3 Å². The lowest BCUT2D eigenvalue weighted by Gasteiger charge is -2.23. The van der Waals surface area contributed by atoms with Crippen molar-refractivity contribution in [2.45, 2.75) is 12.7 Å². The maximum Gasteiger partial charge on any atom is 0.416 e. The number of nitrogens with zero attached hydrogens (tertiary/aromatic N) is 3. The molecule has 2 aliphatic heterocycles. The van der Waals surface area contributed by atoms with Crippen molar-refractivity contribution in [2.24, 2.45) is 4.99 Å². The van der Waals surface area contributed by atoms with Gasteiger partial charge in [0.25, 0.3) is 5.91 Å². The molecule has 0 aromatic heterocycles. The number of amidine groups is 1. The second-order valence-electron chi connectivity index (χ2n) is 8.42. The van der Waals surface area contributed by atoms with Gasteiger partial charge in [0.1, 0.15) is 23.5 Å². The number of carbonyl (C=O) groups is 2. The number of halogens is 3. The summed E-state index contributed by atoms with van der Waals surface area (Å²) >= 11 is 0. The number of nitrogens with one attached hydrogen (secondary N) is 1. The van der Waals surface area contributed by atoms with Crippen LogP contribution >= 0.6 is 0 Å². The van der Waals surface area contributed by atoms with Gasteiger partial charge in [0.2, 0.25) is 0 Å². The van der Waals surface area contributed by atoms with Crippen molar-refractivity contribution >= 4 is 23.6 Å². The predicted molar refractivity (Wildman–Crippen MR) is 132 cm³/mol. The highest BCUT2D eigenvalue weighted by molar-refractivity contribution is 6.08. The van der Waals surface area contributed by atoms with Gasteiger partial charge in [-0.3, -0.25) is 9.69 Å². The molecule has 11 heteroatoms. The van der Waals surface area contributed by atoms with Crippen LogP contribution in [-0.4, -0.2) is 40.8 Å². The van der Waals surface area contributed by atoms with Crippen molar-refractivity contribution in [3.63, 3.8) is 0 Å². The van der Waals surface area contributed by atoms with Crippen LogP contribution in [0.2, 0.25) is 0 Å². The van der Waals surface area contributed by atoms with E-state index in [0.29, 0.717) is 17.2 Å². The van der Waals surface area contributed by atoms with Crippen LogP contribution in [0.25, 0.3) is 0 Å². The number of hydrogen-bond acceptors (Lipinski definition) is 5. The molecule has 0 atom stereocenters. The van der Waals surface area contributed by atoms with E-state index >= 15 is 0 Å². The SMILES string of the molecule is O=C(Nc1ccc(Oc2ccccc2)cc1)C1=COC2=NC(=O)N(Cc3ccccc3C(F)(F)F)CCN12. The number of para-hydroxylation sites is 1. The van der Waals surface area contributed by atoms with E-state index in [-0.39, 0.29) is 36.9 Å². The van der Waals surface area contributed by atoms with Gasteiger partial charge >= 0.3 is 18.2 Å². The Hall–Kier alpha value is -4.80. The second kappa shape index (κ2) is 10.3. The van der Waals surface area contributed by atoms with Crippen LogP contribution in [0.5, 0.6) is 11.5 Å². The summed E-state index contributed by atoms with van der Waals surface area (Å²) in [6, 6.07) is 20.2. The molecule has 2 aliphatic rings. The minimum absolute atomic E-state index is 0.0253. The van der Waals surface area contributed by atoms with E-state index < -0.39 is 23.7 Å². The van der Waals surface area contributed by atoms with E-state index in [0.717, 1.165) is 6.07 Å². The minimum atomic E-state index is -4.56. The highest BCUT2D eigenvalue weighted by Gasteiger charge is 2.36. The molecule has 38 heavy (non-hydrogen) atoms. The average Bonchev–Trinajstić information content (AvgIpc) is 3.23. The fraction of sp³-hybridized carbons (Fsp3) is 0.148. The monoisotopic (exact) mass is 522 g/mol. The zero-order valence-corrected chi connectivity index (χ0v) is 19.8. The van der Waals surface area contributed by atoms with Gasteiger partial charge in [0, 0.05) is 25.3 Å². The normalized spacial score (nSPS) is 15.2. The quantitative estimate of drug-likeness (QED) is 0.456. The van der Waals surface area contributed by atoms with Gasteiger partial charge in [-0.2, -0.15) is 13.2 Å². The van der Waals surface area contributed by atoms with E-state index in [1.807, 2.05) is 30.3 Å². The maximum atomic E-state index is 13.4. The molecule has 0 saturated heterocycles. The molecular weight excluding hydrogens is 501 g/mol. The number of anilines is 1. The van der Waals surface area contributed by atoms with Gasteiger partial charge in [-0.05, 0) is 48.0 Å². The van der Waals surface area contributed by atoms with Crippen molar-refractivity contribution in [1.29, 1.82) is 0 Å². The van der Waals surface area contributed by atoms with E-state index in [9.17, 15) is 22.8 Å². The van der Waals surface area contributed by atoms with Gasteiger partial charge in [-0.15, -0.1) is 4.99 Å². The van der Waals surface area contributed by atoms with Crippen LogP contribution in [0.15, 0.2) is 95.8 Å². The van der Waals surface area contributed by atoms with Crippen molar-refractivity contribution in [1.82, 2.24) is 9.80 Å². The topological polar surface area (TPSA) is 83.5 Å². The van der Waals surface area contributed by atoms with E-state index in [2.05, 4.69) is 10.3 Å². The van der Waals surface area contributed by atoms with Gasteiger partial charge in [-0.25, -0.2) is 4.79 Å². The Kier molecular flexibility index (Phi) is 6.73. The molecule has 0 fully saturated rings. The maximum absolute atomic E-state index is 13.4. The summed E-state index contributed by atoms with van der Waals surface area (Å²) in [5.74, 6) is 0.761. The van der Waals surface area contributed by atoms with Gasteiger partial charge in [0.15, 0.2) is 0 Å². The number of fused-ring (bicyclic) bond motifs is 1. The zero-order chi connectivity index (χ0) is 26.7. The Morgan fingerprint density at radius 3 is 2.37 bits per heavy atom. The molecular formula is C27H21F3N4O4. The molecule has 3 aromatic rings. The number of alkyl halides is 3. The molecule has 3 aromatic carbocycles. The number of urea groups is 1. The van der Waals surface area contributed by atoms with Crippen molar-refractivity contribution in [3.8, 4) is 11.5 Å². The Morgan fingerprint density at radius 1 is 0.947 bits per heavy atom. The summed E-state index contributed by atoms with van der Waals surface area (Å²) in [7, 11) is 0. The molecule has 0 unspecified atom stereocenters. The highest BCUT2D eigenvalue weighted by atomic mass is 19.4. The summed E-state index contributed by atoms with van der Waals surface area (Å²) in [5, 5.41) is 2.75. The first-order valence-electron chi connectivity index (χ1n) is 11.6. The van der Waals surface area contributed by atoms with Crippen LogP contribution in [0.1, 0.15) is 11.1 Å². The molecule has 0 bridgehead atoms. The number of ether oxygens (including phenoxy) is 2. The Morgan fingerprint density at radius 2 is 1.63 bits per heavy atom. The first kappa shape index (κ1) is 24.9. The lowest BCUT2D eigenvalue weighted by Crippen LogP contribution is -2.36. The van der Waals surface area contributed by atoms with Crippen LogP contribution in [-0.2, 0) is 22.3 Å². The number of hydrogen-bond donors (Lipinski definition) is 1. The molecule has 3 amide bonds. The third kappa shape index (κ3) is 5.46. The summed E-state index contributed by atoms with van der Waals surface area (Å²) in [6.07, 6.45) is -3.37. The number of amides is 3. The number of aliphatic imine (C=N–C) groups is 1. The van der Waals surface area contributed by atoms with Crippen LogP contribution in [0, 0.1) is 0 Å². The van der Waals surface area contributed by atoms with Crippen LogP contribution in [0.3, 0.4) is 0 Å². The lowest BCUT2D eigenvalue weighted by molar-refractivity contribution is -0.138. The van der Waals surface area contributed by atoms with Crippen molar-refractivity contribution in [2.75, 3.05) is 18.4 Å². The van der Waals surface area contributed by atoms with Crippen molar-refractivity contribution < 1.29 is 32.2 Å². The number of benzene rings is 3. The number of carbonyl (C=O) groups excluding carboxylic acids is 2. The fourth-order valence-electron chi connectivity index (χ4n) is 4.00. The van der Waals surface area contributed by atoms with E-state index in [4.69, 9.17) is 9.47 Å². The van der Waals surface area contributed by atoms with Crippen molar-refractivity contribution in [3.05, 3.63) is 102 Å². The second-order valence-corrected chi connectivity index (χ2v) is 8.42. The number of rotatable bonds is 6. The van der Waals surface area contributed by atoms with Gasteiger partial charge < -0.3 is 19.7 Å². The Labute approximate surface area is 215 Å². The summed E-state index contributed by atoms with van der Waals surface area (Å²) < 4.78 is 51.3. The predicted octanol–water partition coefficient (Wildman–Crippen LogP) is 5.60. The summed E-state index contributed by atoms with van der Waals surface area (Å²) in [5.41, 5.74) is -0.261. The molecule has 0 radical (unpaired) electrons. The van der Waals surface area contributed by atoms with Gasteiger partial charge in [0.05, 0.1) is 5.56 Å². The molecule has 194 valence electrons. The Bertz CT molecular complexity index is 1410. The highest BCUT2D eigenvalue weighted by Crippen LogP contribution is 2.33. The molecule has 8 nitrogen and oxygen atoms in total. The minimum Gasteiger partial charge on any atom is -0.457 e. The molecule has 1 N–H and O–H groups in total. The largest absolute Gasteiger partial charge is 0.457 e. The zero-order valence-electron chi connectivity index (χ0n) is 19.8. The smallest absolute Gasteiger partial charge is 0.416 e. The van der Waals surface area contributed by atoms with Crippen LogP contribution in [0.4, 0.5) is 23.7 Å². The summed E-state index contributed by atoms with van der Waals surface area (Å²) in [6.45, 7) is -0.166. The first-order valence-corrected chi connectivity index (χ1v) is 11.6. The van der Waals surface area contributed by atoms with Gasteiger partial charge in [-0.1, -0.05) is 36.4 Å². The van der Waals surface area contributed by atoms with Crippen LogP contribution < -0.4 is 10.1 Å².